The fourth-order valence-corrected chi connectivity index (χ4v) is 4.95. The Labute approximate surface area is 204 Å². The number of ether oxygens (including phenoxy) is 2. The maximum atomic E-state index is 13.4. The van der Waals surface area contributed by atoms with Gasteiger partial charge in [-0.15, -0.1) is 0 Å². The van der Waals surface area contributed by atoms with E-state index in [2.05, 4.69) is 36.3 Å². The zero-order valence-electron chi connectivity index (χ0n) is 21.4. The molecular weight excluding hydrogens is 432 g/mol. The molecule has 190 valence electrons. The summed E-state index contributed by atoms with van der Waals surface area (Å²) in [7, 11) is 3.50. The zero-order valence-corrected chi connectivity index (χ0v) is 21.4. The van der Waals surface area contributed by atoms with Crippen LogP contribution in [0.5, 0.6) is 5.75 Å². The van der Waals surface area contributed by atoms with Crippen LogP contribution in [0.15, 0.2) is 18.2 Å². The second-order valence-corrected chi connectivity index (χ2v) is 9.88. The zero-order chi connectivity index (χ0) is 24.7. The summed E-state index contributed by atoms with van der Waals surface area (Å²) in [6.07, 6.45) is 5.31. The number of amides is 3. The van der Waals surface area contributed by atoms with Gasteiger partial charge in [-0.05, 0) is 56.8 Å². The Bertz CT molecular complexity index is 827. The number of methoxy groups -OCH3 is 1. The highest BCUT2D eigenvalue weighted by Crippen LogP contribution is 2.27. The topological polar surface area (TPSA) is 83.1 Å². The average Bonchev–Trinajstić information content (AvgIpc) is 3.32. The molecule has 0 radical (unpaired) electrons. The quantitative estimate of drug-likeness (QED) is 0.675. The molecule has 1 heterocycles. The van der Waals surface area contributed by atoms with Crippen LogP contribution in [0.4, 0.5) is 10.5 Å². The molecule has 0 bridgehead atoms. The van der Waals surface area contributed by atoms with Gasteiger partial charge in [-0.25, -0.2) is 4.79 Å². The van der Waals surface area contributed by atoms with Gasteiger partial charge in [0, 0.05) is 45.0 Å². The van der Waals surface area contributed by atoms with Crippen molar-refractivity contribution in [3.8, 4) is 5.75 Å². The largest absolute Gasteiger partial charge is 0.491 e. The first-order chi connectivity index (χ1) is 16.3. The van der Waals surface area contributed by atoms with E-state index in [9.17, 15) is 9.59 Å². The fourth-order valence-electron chi connectivity index (χ4n) is 4.95. The minimum Gasteiger partial charge on any atom is -0.491 e. The van der Waals surface area contributed by atoms with E-state index in [1.807, 2.05) is 0 Å². The molecule has 1 saturated carbocycles. The van der Waals surface area contributed by atoms with E-state index in [4.69, 9.17) is 9.47 Å². The molecule has 1 fully saturated rings. The Balaban J connectivity index is 1.84. The Morgan fingerprint density at radius 1 is 1.21 bits per heavy atom. The van der Waals surface area contributed by atoms with Crippen molar-refractivity contribution in [1.82, 2.24) is 15.1 Å². The lowest BCUT2D eigenvalue weighted by atomic mass is 10.0. The second kappa shape index (κ2) is 12.4. The number of likely N-dealkylation sites (N-methyl/N-ethyl adjacent to an activating group) is 1. The monoisotopic (exact) mass is 474 g/mol. The van der Waals surface area contributed by atoms with Gasteiger partial charge in [-0.1, -0.05) is 26.7 Å². The number of hydrogen-bond acceptors (Lipinski definition) is 5. The lowest BCUT2D eigenvalue weighted by Crippen LogP contribution is -2.46. The molecule has 3 amide bonds. The van der Waals surface area contributed by atoms with Gasteiger partial charge in [-0.3, -0.25) is 9.69 Å². The molecule has 0 saturated heterocycles. The maximum Gasteiger partial charge on any atom is 0.319 e. The van der Waals surface area contributed by atoms with Crippen LogP contribution >= 0.6 is 0 Å². The molecular formula is C26H42N4O4. The van der Waals surface area contributed by atoms with Crippen LogP contribution in [0.25, 0.3) is 0 Å². The SMILES string of the molecule is CCCN1C[C@H](C)[C@H](OC)CN(C)C(=O)c2cc(NC(=O)NC3CCCC3)ccc2OC[C@@H]1C. The molecule has 1 aromatic carbocycles. The fraction of sp³-hybridized carbons (Fsp3) is 0.692. The third-order valence-electron chi connectivity index (χ3n) is 7.03. The number of rotatable bonds is 5. The van der Waals surface area contributed by atoms with Crippen molar-refractivity contribution in [2.75, 3.05) is 45.7 Å². The number of urea groups is 1. The lowest BCUT2D eigenvalue weighted by molar-refractivity contribution is 0.0108. The summed E-state index contributed by atoms with van der Waals surface area (Å²) in [4.78, 5) is 30.0. The van der Waals surface area contributed by atoms with Crippen molar-refractivity contribution in [2.45, 2.75) is 71.1 Å². The highest BCUT2D eigenvalue weighted by atomic mass is 16.5. The number of anilines is 1. The van der Waals surface area contributed by atoms with Gasteiger partial charge >= 0.3 is 6.03 Å². The molecule has 2 aliphatic rings. The highest BCUT2D eigenvalue weighted by molar-refractivity contribution is 5.99. The molecule has 3 rings (SSSR count). The van der Waals surface area contributed by atoms with Gasteiger partial charge in [0.25, 0.3) is 5.91 Å². The highest BCUT2D eigenvalue weighted by Gasteiger charge is 2.28. The van der Waals surface area contributed by atoms with E-state index in [1.165, 1.54) is 0 Å². The predicted molar refractivity (Wildman–Crippen MR) is 135 cm³/mol. The van der Waals surface area contributed by atoms with Crippen LogP contribution in [0.1, 0.15) is 63.2 Å². The smallest absolute Gasteiger partial charge is 0.319 e. The lowest BCUT2D eigenvalue weighted by Gasteiger charge is -2.35. The first kappa shape index (κ1) is 26.3. The molecule has 1 aliphatic heterocycles. The molecule has 8 heteroatoms. The predicted octanol–water partition coefficient (Wildman–Crippen LogP) is 3.97. The van der Waals surface area contributed by atoms with Gasteiger partial charge in [0.05, 0.1) is 11.7 Å². The normalized spacial score (nSPS) is 25.1. The number of benzene rings is 1. The van der Waals surface area contributed by atoms with Gasteiger partial charge < -0.3 is 25.0 Å². The molecule has 0 unspecified atom stereocenters. The van der Waals surface area contributed by atoms with Crippen LogP contribution in [0, 0.1) is 5.92 Å². The van der Waals surface area contributed by atoms with E-state index in [1.54, 1.807) is 37.3 Å². The number of carbonyl (C=O) groups is 2. The number of fused-ring (bicyclic) bond motifs is 1. The van der Waals surface area contributed by atoms with Gasteiger partial charge in [-0.2, -0.15) is 0 Å². The van der Waals surface area contributed by atoms with E-state index < -0.39 is 0 Å². The summed E-state index contributed by atoms with van der Waals surface area (Å²) in [5.74, 6) is 0.632. The second-order valence-electron chi connectivity index (χ2n) is 9.88. The number of carbonyl (C=O) groups excluding carboxylic acids is 2. The molecule has 2 N–H and O–H groups in total. The molecule has 0 aromatic heterocycles. The van der Waals surface area contributed by atoms with Gasteiger partial charge in [0.1, 0.15) is 12.4 Å². The van der Waals surface area contributed by atoms with Crippen LogP contribution in [0.3, 0.4) is 0 Å². The molecule has 1 aromatic rings. The van der Waals surface area contributed by atoms with E-state index in [0.29, 0.717) is 30.2 Å². The van der Waals surface area contributed by atoms with Crippen LogP contribution < -0.4 is 15.4 Å². The van der Waals surface area contributed by atoms with Crippen molar-refractivity contribution < 1.29 is 19.1 Å². The third kappa shape index (κ3) is 6.85. The van der Waals surface area contributed by atoms with Crippen LogP contribution in [-0.2, 0) is 4.74 Å². The van der Waals surface area contributed by atoms with Crippen molar-refractivity contribution >= 4 is 17.6 Å². The Morgan fingerprint density at radius 3 is 2.62 bits per heavy atom. The molecule has 0 spiro atoms. The van der Waals surface area contributed by atoms with Crippen molar-refractivity contribution in [1.29, 1.82) is 0 Å². The minimum atomic E-state index is -0.237. The van der Waals surface area contributed by atoms with Crippen molar-refractivity contribution in [3.63, 3.8) is 0 Å². The molecule has 8 nitrogen and oxygen atoms in total. The van der Waals surface area contributed by atoms with Crippen molar-refractivity contribution in [2.24, 2.45) is 5.92 Å². The average molecular weight is 475 g/mol. The van der Waals surface area contributed by atoms with E-state index in [-0.39, 0.29) is 36.0 Å². The Hall–Kier alpha value is -2.32. The summed E-state index contributed by atoms with van der Waals surface area (Å²) in [6.45, 7) is 9.33. The third-order valence-corrected chi connectivity index (χ3v) is 7.03. The number of nitrogens with zero attached hydrogens (tertiary/aromatic N) is 2. The molecule has 3 atom stereocenters. The first-order valence-corrected chi connectivity index (χ1v) is 12.7. The summed E-state index contributed by atoms with van der Waals surface area (Å²) in [5, 5.41) is 5.92. The Morgan fingerprint density at radius 2 is 1.94 bits per heavy atom. The minimum absolute atomic E-state index is 0.0807. The van der Waals surface area contributed by atoms with Crippen LogP contribution in [0.2, 0.25) is 0 Å². The van der Waals surface area contributed by atoms with Gasteiger partial charge in [0.15, 0.2) is 0 Å². The standard InChI is InChI=1S/C26H42N4O4/c1-6-13-30-15-18(2)24(33-5)16-29(4)25(31)22-14-21(11-12-23(22)34-17-19(30)3)28-26(32)27-20-9-7-8-10-20/h11-12,14,18-20,24H,6-10,13,15-17H2,1-5H3,(H2,27,28,32)/t18-,19-,24+/m0/s1. The number of nitrogens with one attached hydrogen (secondary N) is 2. The Kier molecular flexibility index (Phi) is 9.59. The molecule has 34 heavy (non-hydrogen) atoms. The van der Waals surface area contributed by atoms with E-state index in [0.717, 1.165) is 45.2 Å². The molecule has 1 aliphatic carbocycles. The summed E-state index contributed by atoms with van der Waals surface area (Å²) >= 11 is 0. The van der Waals surface area contributed by atoms with Crippen LogP contribution in [-0.4, -0.2) is 80.3 Å². The maximum absolute atomic E-state index is 13.4. The van der Waals surface area contributed by atoms with Gasteiger partial charge in [0.2, 0.25) is 0 Å². The summed E-state index contributed by atoms with van der Waals surface area (Å²) < 4.78 is 12.0. The number of hydrogen-bond donors (Lipinski definition) is 2. The van der Waals surface area contributed by atoms with E-state index >= 15 is 0 Å². The first-order valence-electron chi connectivity index (χ1n) is 12.7. The summed E-state index contributed by atoms with van der Waals surface area (Å²) in [5.41, 5.74) is 1.02. The summed E-state index contributed by atoms with van der Waals surface area (Å²) in [6, 6.07) is 5.47. The van der Waals surface area contributed by atoms with Crippen molar-refractivity contribution in [3.05, 3.63) is 23.8 Å².